The van der Waals surface area contributed by atoms with Crippen LogP contribution < -0.4 is 16.0 Å². The van der Waals surface area contributed by atoms with Gasteiger partial charge in [0.2, 0.25) is 5.91 Å². The molecule has 6 rings (SSSR count). The Bertz CT molecular complexity index is 1360. The van der Waals surface area contributed by atoms with Crippen LogP contribution in [0.15, 0.2) is 24.4 Å². The number of fused-ring (bicyclic) bond motifs is 5. The number of ketones is 1. The number of hydrogen-bond acceptors (Lipinski definition) is 6. The molecule has 4 aliphatic rings. The number of benzene rings is 1. The van der Waals surface area contributed by atoms with Crippen molar-refractivity contribution < 1.29 is 14.3 Å². The van der Waals surface area contributed by atoms with Crippen molar-refractivity contribution in [2.24, 2.45) is 11.3 Å². The molecule has 2 unspecified atom stereocenters. The van der Waals surface area contributed by atoms with Crippen LogP contribution >= 0.6 is 0 Å². The van der Waals surface area contributed by atoms with Gasteiger partial charge in [0.25, 0.3) is 0 Å². The molecular formula is C36H55N5O3Si. The number of aromatic nitrogens is 2. The molecule has 3 aliphatic heterocycles. The van der Waals surface area contributed by atoms with E-state index < -0.39 is 8.07 Å². The highest BCUT2D eigenvalue weighted by atomic mass is 28.3. The Labute approximate surface area is 270 Å². The topological polar surface area (TPSA) is 97.3 Å². The fourth-order valence-electron chi connectivity index (χ4n) is 7.91. The van der Waals surface area contributed by atoms with E-state index in [0.717, 1.165) is 87.8 Å². The minimum absolute atomic E-state index is 0.0970. The normalized spacial score (nSPS) is 23.7. The Morgan fingerprint density at radius 3 is 2.64 bits per heavy atom. The molecule has 1 aliphatic carbocycles. The first-order valence-corrected chi connectivity index (χ1v) is 21.4. The summed E-state index contributed by atoms with van der Waals surface area (Å²) in [6, 6.07) is 8.74. The molecule has 2 saturated heterocycles. The maximum absolute atomic E-state index is 13.8. The van der Waals surface area contributed by atoms with Gasteiger partial charge in [0.15, 0.2) is 0 Å². The quantitative estimate of drug-likeness (QED) is 0.139. The molecule has 1 aromatic carbocycles. The van der Waals surface area contributed by atoms with Crippen molar-refractivity contribution in [2.75, 3.05) is 19.7 Å². The highest BCUT2D eigenvalue weighted by Crippen LogP contribution is 2.58. The molecule has 9 heteroatoms. The van der Waals surface area contributed by atoms with E-state index in [1.807, 2.05) is 13.1 Å². The van der Waals surface area contributed by atoms with Crippen molar-refractivity contribution in [1.29, 1.82) is 0 Å². The zero-order valence-corrected chi connectivity index (χ0v) is 29.1. The van der Waals surface area contributed by atoms with E-state index in [2.05, 4.69) is 58.4 Å². The predicted octanol–water partition coefficient (Wildman–Crippen LogP) is 6.82. The van der Waals surface area contributed by atoms with E-state index >= 15 is 0 Å². The molecule has 45 heavy (non-hydrogen) atoms. The minimum atomic E-state index is -1.24. The molecule has 1 saturated carbocycles. The Hall–Kier alpha value is -2.33. The number of nitrogens with one attached hydrogen (secondary N) is 3. The first-order chi connectivity index (χ1) is 21.7. The van der Waals surface area contributed by atoms with E-state index in [0.29, 0.717) is 37.4 Å². The number of nitrogens with zero attached hydrogens (tertiary/aromatic N) is 2. The second kappa shape index (κ2) is 13.8. The minimum Gasteiger partial charge on any atom is -0.361 e. The lowest BCUT2D eigenvalue weighted by Crippen LogP contribution is -2.36. The number of carbonyl (C=O) groups is 2. The van der Waals surface area contributed by atoms with Crippen LogP contribution in [0, 0.1) is 11.3 Å². The van der Waals surface area contributed by atoms with Crippen molar-refractivity contribution in [1.82, 2.24) is 25.5 Å². The van der Waals surface area contributed by atoms with Gasteiger partial charge in [-0.3, -0.25) is 9.59 Å². The number of rotatable bonds is 16. The van der Waals surface area contributed by atoms with Crippen LogP contribution in [0.25, 0.3) is 11.3 Å². The van der Waals surface area contributed by atoms with Crippen LogP contribution in [0.2, 0.25) is 25.7 Å². The van der Waals surface area contributed by atoms with Crippen LogP contribution in [0.1, 0.15) is 113 Å². The Morgan fingerprint density at radius 2 is 1.89 bits per heavy atom. The molecular weight excluding hydrogens is 579 g/mol. The third kappa shape index (κ3) is 7.47. The van der Waals surface area contributed by atoms with Crippen LogP contribution in [-0.2, 0) is 21.1 Å². The lowest BCUT2D eigenvalue weighted by atomic mass is 9.90. The smallest absolute Gasteiger partial charge is 0.224 e. The molecule has 246 valence electrons. The van der Waals surface area contributed by atoms with Gasteiger partial charge in [-0.1, -0.05) is 51.5 Å². The summed E-state index contributed by atoms with van der Waals surface area (Å²) in [5, 5.41) is 10.7. The molecule has 3 N–H and O–H groups in total. The number of imidazole rings is 1. The predicted molar refractivity (Wildman–Crippen MR) is 182 cm³/mol. The molecule has 2 aromatic rings. The van der Waals surface area contributed by atoms with Gasteiger partial charge in [0.1, 0.15) is 18.3 Å². The fourth-order valence-corrected chi connectivity index (χ4v) is 8.67. The third-order valence-corrected chi connectivity index (χ3v) is 12.7. The Morgan fingerprint density at radius 1 is 1.11 bits per heavy atom. The third-order valence-electron chi connectivity index (χ3n) is 11.0. The Balaban J connectivity index is 1.25. The van der Waals surface area contributed by atoms with Crippen LogP contribution in [0.5, 0.6) is 0 Å². The van der Waals surface area contributed by atoms with Gasteiger partial charge < -0.3 is 25.3 Å². The molecule has 4 atom stereocenters. The highest BCUT2D eigenvalue weighted by molar-refractivity contribution is 6.76. The second-order valence-corrected chi connectivity index (χ2v) is 21.0. The molecule has 1 aromatic heterocycles. The zero-order valence-electron chi connectivity index (χ0n) is 28.1. The van der Waals surface area contributed by atoms with E-state index in [-0.39, 0.29) is 23.3 Å². The maximum Gasteiger partial charge on any atom is 0.224 e. The summed E-state index contributed by atoms with van der Waals surface area (Å²) in [7, 11) is -1.24. The van der Waals surface area contributed by atoms with E-state index in [9.17, 15) is 9.59 Å². The lowest BCUT2D eigenvalue weighted by molar-refractivity contribution is -0.124. The molecule has 0 radical (unpaired) electrons. The molecule has 2 bridgehead atoms. The van der Waals surface area contributed by atoms with E-state index in [4.69, 9.17) is 9.72 Å². The van der Waals surface area contributed by atoms with Gasteiger partial charge in [0, 0.05) is 51.1 Å². The second-order valence-electron chi connectivity index (χ2n) is 15.4. The average molecular weight is 634 g/mol. The summed E-state index contributed by atoms with van der Waals surface area (Å²) in [5.41, 5.74) is 5.26. The lowest BCUT2D eigenvalue weighted by Gasteiger charge is -2.25. The summed E-state index contributed by atoms with van der Waals surface area (Å²) in [6.45, 7) is 12.2. The first kappa shape index (κ1) is 32.6. The van der Waals surface area contributed by atoms with Crippen LogP contribution in [0.3, 0.4) is 0 Å². The average Bonchev–Trinajstić information content (AvgIpc) is 3.38. The maximum atomic E-state index is 13.8. The van der Waals surface area contributed by atoms with E-state index in [1.165, 1.54) is 24.0 Å². The van der Waals surface area contributed by atoms with Crippen LogP contribution in [-0.4, -0.2) is 49.0 Å². The van der Waals surface area contributed by atoms with Gasteiger partial charge in [-0.15, -0.1) is 0 Å². The summed E-state index contributed by atoms with van der Waals surface area (Å²) in [6.07, 6.45) is 12.4. The van der Waals surface area contributed by atoms with Gasteiger partial charge in [-0.25, -0.2) is 4.98 Å². The number of Topliss-reactive ketones (excluding diaryl/α,β-unsaturated/α-hetero) is 1. The highest BCUT2D eigenvalue weighted by Gasteiger charge is 2.57. The summed E-state index contributed by atoms with van der Waals surface area (Å²) in [4.78, 5) is 30.7. The number of ether oxygens (including phenoxy) is 1. The molecule has 4 heterocycles. The van der Waals surface area contributed by atoms with Crippen molar-refractivity contribution in [3.05, 3.63) is 41.3 Å². The van der Waals surface area contributed by atoms with Crippen molar-refractivity contribution in [3.63, 3.8) is 0 Å². The van der Waals surface area contributed by atoms with Crippen molar-refractivity contribution >= 4 is 19.8 Å². The van der Waals surface area contributed by atoms with Gasteiger partial charge in [-0.2, -0.15) is 0 Å². The summed E-state index contributed by atoms with van der Waals surface area (Å²) in [5.74, 6) is 1.49. The number of hydrogen-bond donors (Lipinski definition) is 3. The standard InChI is InChI=1S/C36H55N5O3Si/c1-5-26(42)9-7-6-8-10-32(40-35(43)29-22-36(29)15-17-37-18-16-36)34-38-23-33(41(34)24-44-19-20-45(2,3)4)25-11-12-27-28(21-25)31-14-13-30(27)39-31/h11-12,21,23,29-32,37,39H,5-10,13-20,22,24H2,1-4H3,(H,40,43)/t29-,30?,31?,32+/m1/s1. The number of carbonyl (C=O) groups excluding carboxylic acids is 2. The number of unbranched alkanes of at least 4 members (excludes halogenated alkanes) is 2. The number of piperidine rings is 1. The Kier molecular flexibility index (Phi) is 10.00. The first-order valence-electron chi connectivity index (χ1n) is 17.7. The van der Waals surface area contributed by atoms with Gasteiger partial charge in [-0.05, 0) is 86.7 Å². The summed E-state index contributed by atoms with van der Waals surface area (Å²) >= 11 is 0. The van der Waals surface area contributed by atoms with Crippen molar-refractivity contribution in [3.8, 4) is 11.3 Å². The number of amides is 1. The molecule has 1 amide bonds. The monoisotopic (exact) mass is 633 g/mol. The molecule has 3 fully saturated rings. The van der Waals surface area contributed by atoms with Gasteiger partial charge >= 0.3 is 0 Å². The van der Waals surface area contributed by atoms with Crippen molar-refractivity contribution in [2.45, 2.75) is 128 Å². The fraction of sp³-hybridized carbons (Fsp3) is 0.694. The largest absolute Gasteiger partial charge is 0.361 e. The molecule has 8 nitrogen and oxygen atoms in total. The molecule has 1 spiro atoms. The SMILES string of the molecule is CCC(=O)CCCCC[C@H](NC(=O)[C@H]1CC12CCNCC2)c1ncc(-c2ccc3c(c2)C2CCC3N2)n1COCC[Si](C)(C)C. The van der Waals surface area contributed by atoms with Crippen LogP contribution in [0.4, 0.5) is 0 Å². The van der Waals surface area contributed by atoms with Gasteiger partial charge in [0.05, 0.1) is 17.9 Å². The summed E-state index contributed by atoms with van der Waals surface area (Å²) < 4.78 is 8.60. The zero-order chi connectivity index (χ0) is 31.6. The van der Waals surface area contributed by atoms with E-state index in [1.54, 1.807) is 0 Å².